The number of nitrogens with zero attached hydrogens (tertiary/aromatic N) is 3. The van der Waals surface area contributed by atoms with Gasteiger partial charge < -0.3 is 0 Å². The molecule has 1 heterocycles. The van der Waals surface area contributed by atoms with Crippen molar-refractivity contribution >= 4 is 22.6 Å². The molecule has 0 aliphatic heterocycles. The van der Waals surface area contributed by atoms with Gasteiger partial charge in [-0.25, -0.2) is 4.68 Å². The molecule has 0 aromatic carbocycles. The van der Waals surface area contributed by atoms with Crippen LogP contribution in [0.4, 0.5) is 0 Å². The second-order valence-electron chi connectivity index (χ2n) is 2.47. The number of alkyl halides is 1. The highest BCUT2D eigenvalue weighted by Gasteiger charge is 1.97. The zero-order chi connectivity index (χ0) is 8.10. The minimum absolute atomic E-state index is 0.886. The molecule has 0 N–H and O–H groups in total. The van der Waals surface area contributed by atoms with Crippen LogP contribution >= 0.6 is 22.6 Å². The molecule has 11 heavy (non-hydrogen) atoms. The van der Waals surface area contributed by atoms with Crippen LogP contribution < -0.4 is 0 Å². The van der Waals surface area contributed by atoms with Crippen LogP contribution in [0.2, 0.25) is 0 Å². The maximum atomic E-state index is 4.03. The van der Waals surface area contributed by atoms with Crippen LogP contribution in [0, 0.1) is 0 Å². The molecule has 62 valence electrons. The topological polar surface area (TPSA) is 30.7 Å². The number of unbranched alkanes of at least 4 members (excludes halogenated alkanes) is 1. The van der Waals surface area contributed by atoms with Crippen molar-refractivity contribution in [1.82, 2.24) is 15.0 Å². The molecular weight excluding hydrogens is 253 g/mol. The van der Waals surface area contributed by atoms with Gasteiger partial charge in [-0.1, -0.05) is 41.1 Å². The molecule has 3 nitrogen and oxygen atoms in total. The van der Waals surface area contributed by atoms with E-state index in [9.17, 15) is 0 Å². The number of aromatic nitrogens is 3. The zero-order valence-corrected chi connectivity index (χ0v) is 8.78. The predicted octanol–water partition coefficient (Wildman–Crippen LogP) is 2.01. The largest absolute Gasteiger partial charge is 0.242 e. The lowest BCUT2D eigenvalue weighted by atomic mass is 10.2. The maximum absolute atomic E-state index is 4.03. The van der Waals surface area contributed by atoms with Crippen molar-refractivity contribution in [3.8, 4) is 0 Å². The van der Waals surface area contributed by atoms with E-state index >= 15 is 0 Å². The Kier molecular flexibility index (Phi) is 3.82. The van der Waals surface area contributed by atoms with Crippen molar-refractivity contribution in [3.05, 3.63) is 11.9 Å². The lowest BCUT2D eigenvalue weighted by Crippen LogP contribution is -1.90. The van der Waals surface area contributed by atoms with E-state index < -0.39 is 0 Å². The average Bonchev–Trinajstić information content (AvgIpc) is 2.48. The molecule has 0 bridgehead atoms. The molecule has 0 fully saturated rings. The van der Waals surface area contributed by atoms with Crippen molar-refractivity contribution in [2.45, 2.75) is 30.7 Å². The van der Waals surface area contributed by atoms with Crippen molar-refractivity contribution in [1.29, 1.82) is 0 Å². The summed E-state index contributed by atoms with van der Waals surface area (Å²) in [5, 5.41) is 7.98. The molecule has 0 unspecified atom stereocenters. The van der Waals surface area contributed by atoms with Crippen LogP contribution in [-0.4, -0.2) is 15.0 Å². The maximum Gasteiger partial charge on any atom is 0.0941 e. The molecular formula is C7H12IN3. The minimum Gasteiger partial charge on any atom is -0.242 e. The van der Waals surface area contributed by atoms with E-state index in [4.69, 9.17) is 0 Å². The summed E-state index contributed by atoms with van der Waals surface area (Å²) >= 11 is 2.26. The van der Waals surface area contributed by atoms with Crippen molar-refractivity contribution < 1.29 is 0 Å². The summed E-state index contributed by atoms with van der Waals surface area (Å²) in [4.78, 5) is 0. The van der Waals surface area contributed by atoms with E-state index in [1.54, 1.807) is 0 Å². The van der Waals surface area contributed by atoms with E-state index in [-0.39, 0.29) is 0 Å². The molecule has 4 heteroatoms. The first-order chi connectivity index (χ1) is 5.36. The predicted molar refractivity (Wildman–Crippen MR) is 52.7 cm³/mol. The summed E-state index contributed by atoms with van der Waals surface area (Å²) in [7, 11) is 0. The van der Waals surface area contributed by atoms with Gasteiger partial charge in [0.2, 0.25) is 0 Å². The Hall–Kier alpha value is -0.130. The molecule has 1 aromatic heterocycles. The van der Waals surface area contributed by atoms with Crippen molar-refractivity contribution in [2.24, 2.45) is 0 Å². The highest BCUT2D eigenvalue weighted by Crippen LogP contribution is 2.01. The number of hydrogen-bond donors (Lipinski definition) is 0. The molecule has 1 rings (SSSR count). The summed E-state index contributed by atoms with van der Waals surface area (Å²) in [5.74, 6) is 0. The van der Waals surface area contributed by atoms with Gasteiger partial charge in [0.15, 0.2) is 0 Å². The smallest absolute Gasteiger partial charge is 0.0941 e. The fourth-order valence-electron chi connectivity index (χ4n) is 0.869. The van der Waals surface area contributed by atoms with Gasteiger partial charge in [0.05, 0.1) is 10.2 Å². The second-order valence-corrected chi connectivity index (χ2v) is 3.15. The lowest BCUT2D eigenvalue weighted by molar-refractivity contribution is 0.710. The molecule has 0 saturated carbocycles. The van der Waals surface area contributed by atoms with Gasteiger partial charge in [-0.2, -0.15) is 0 Å². The molecule has 0 aliphatic carbocycles. The van der Waals surface area contributed by atoms with Crippen molar-refractivity contribution in [2.75, 3.05) is 0 Å². The van der Waals surface area contributed by atoms with Crippen molar-refractivity contribution in [3.63, 3.8) is 0 Å². The first-order valence-corrected chi connectivity index (χ1v) is 5.34. The number of aryl methyl sites for hydroxylation is 1. The van der Waals surface area contributed by atoms with Gasteiger partial charge in [-0.05, 0) is 12.8 Å². The van der Waals surface area contributed by atoms with E-state index in [0.717, 1.165) is 16.7 Å². The molecule has 0 amide bonds. The summed E-state index contributed by atoms with van der Waals surface area (Å²) in [6, 6.07) is 0. The second kappa shape index (κ2) is 4.69. The van der Waals surface area contributed by atoms with E-state index in [2.05, 4.69) is 39.8 Å². The van der Waals surface area contributed by atoms with E-state index in [0.29, 0.717) is 0 Å². The van der Waals surface area contributed by atoms with Gasteiger partial charge >= 0.3 is 0 Å². The fraction of sp³-hybridized carbons (Fsp3) is 0.714. The molecule has 0 aliphatic rings. The van der Waals surface area contributed by atoms with Crippen LogP contribution in [0.5, 0.6) is 0 Å². The van der Waals surface area contributed by atoms with E-state index in [1.165, 1.54) is 12.8 Å². The van der Waals surface area contributed by atoms with Gasteiger partial charge in [0.1, 0.15) is 0 Å². The normalized spacial score (nSPS) is 10.4. The fourth-order valence-corrected chi connectivity index (χ4v) is 1.20. The van der Waals surface area contributed by atoms with Crippen LogP contribution in [-0.2, 0) is 11.0 Å². The Morgan fingerprint density at radius 2 is 2.45 bits per heavy atom. The highest BCUT2D eigenvalue weighted by atomic mass is 127. The van der Waals surface area contributed by atoms with Gasteiger partial charge in [0, 0.05) is 6.20 Å². The lowest BCUT2D eigenvalue weighted by Gasteiger charge is -1.89. The SMILES string of the molecule is CCCCc1cn(CI)nn1. The van der Waals surface area contributed by atoms with Crippen LogP contribution in [0.15, 0.2) is 6.20 Å². The minimum atomic E-state index is 0.886. The third-order valence-electron chi connectivity index (χ3n) is 1.50. The first kappa shape index (κ1) is 8.96. The zero-order valence-electron chi connectivity index (χ0n) is 6.63. The average molecular weight is 265 g/mol. The monoisotopic (exact) mass is 265 g/mol. The Bertz CT molecular complexity index is 209. The van der Waals surface area contributed by atoms with Crippen LogP contribution in [0.25, 0.3) is 0 Å². The Morgan fingerprint density at radius 3 is 3.00 bits per heavy atom. The molecule has 0 radical (unpaired) electrons. The molecule has 1 aromatic rings. The highest BCUT2D eigenvalue weighted by molar-refractivity contribution is 14.1. The van der Waals surface area contributed by atoms with Gasteiger partial charge in [0.25, 0.3) is 0 Å². The number of rotatable bonds is 4. The van der Waals surface area contributed by atoms with Crippen LogP contribution in [0.1, 0.15) is 25.5 Å². The summed E-state index contributed by atoms with van der Waals surface area (Å²) in [5.41, 5.74) is 1.11. The Balaban J connectivity index is 2.44. The molecule has 0 atom stereocenters. The molecule has 0 spiro atoms. The third kappa shape index (κ3) is 2.76. The Labute approximate surface area is 80.3 Å². The summed E-state index contributed by atoms with van der Waals surface area (Å²) in [6.45, 7) is 2.18. The van der Waals surface area contributed by atoms with Gasteiger partial charge in [-0.3, -0.25) is 0 Å². The quantitative estimate of drug-likeness (QED) is 0.616. The van der Waals surface area contributed by atoms with E-state index in [1.807, 2.05) is 10.9 Å². The standard InChI is InChI=1S/C7H12IN3/c1-2-3-4-7-5-11(6-8)10-9-7/h5H,2-4,6H2,1H3. The molecule has 0 saturated heterocycles. The first-order valence-electron chi connectivity index (χ1n) is 3.81. The number of hydrogen-bond acceptors (Lipinski definition) is 2. The number of halogens is 1. The summed E-state index contributed by atoms with van der Waals surface area (Å²) < 4.78 is 2.74. The third-order valence-corrected chi connectivity index (χ3v) is 2.19. The summed E-state index contributed by atoms with van der Waals surface area (Å²) in [6.07, 6.45) is 5.51. The van der Waals surface area contributed by atoms with Crippen LogP contribution in [0.3, 0.4) is 0 Å². The Morgan fingerprint density at radius 1 is 1.64 bits per heavy atom. The van der Waals surface area contributed by atoms with Gasteiger partial charge in [-0.15, -0.1) is 5.10 Å².